The number of nitrogens with one attached hydrogen (secondary N) is 2. The van der Waals surface area contributed by atoms with E-state index in [1.54, 1.807) is 48.5 Å². The van der Waals surface area contributed by atoms with Crippen LogP contribution in [0.15, 0.2) is 59.3 Å². The van der Waals surface area contributed by atoms with Crippen molar-refractivity contribution in [1.29, 1.82) is 0 Å². The molecule has 29 heavy (non-hydrogen) atoms. The molecule has 1 aromatic heterocycles. The summed E-state index contributed by atoms with van der Waals surface area (Å²) in [5.74, 6) is 0.00715. The van der Waals surface area contributed by atoms with Crippen molar-refractivity contribution in [3.05, 3.63) is 65.5 Å². The van der Waals surface area contributed by atoms with Crippen LogP contribution >= 0.6 is 11.6 Å². The van der Waals surface area contributed by atoms with Crippen LogP contribution in [0.4, 0.5) is 5.69 Å². The van der Waals surface area contributed by atoms with E-state index in [0.717, 1.165) is 5.56 Å². The minimum atomic E-state index is -0.672. The molecule has 0 bridgehead atoms. The van der Waals surface area contributed by atoms with Crippen LogP contribution in [0.3, 0.4) is 0 Å². The van der Waals surface area contributed by atoms with Crippen molar-refractivity contribution in [2.45, 2.75) is 26.3 Å². The maximum Gasteiger partial charge on any atom is 0.251 e. The molecular formula is C21H21ClN4O3. The fourth-order valence-electron chi connectivity index (χ4n) is 2.77. The summed E-state index contributed by atoms with van der Waals surface area (Å²) in [6.45, 7) is 3.99. The maximum absolute atomic E-state index is 12.8. The summed E-state index contributed by atoms with van der Waals surface area (Å²) in [6, 6.07) is 12.9. The lowest BCUT2D eigenvalue weighted by Gasteiger charge is -2.20. The molecule has 0 radical (unpaired) electrons. The number of hydrogen-bond donors (Lipinski definition) is 2. The van der Waals surface area contributed by atoms with Crippen molar-refractivity contribution in [3.8, 4) is 11.5 Å². The fourth-order valence-corrected chi connectivity index (χ4v) is 2.90. The molecule has 2 amide bonds. The van der Waals surface area contributed by atoms with Crippen molar-refractivity contribution in [2.75, 3.05) is 5.32 Å². The summed E-state index contributed by atoms with van der Waals surface area (Å²) in [6.07, 6.45) is 1.76. The SMILES string of the molecule is CC(C)CC(NC(=O)c1ccc(Cl)cc1)C(=O)Nc1ccc(-c2nnco2)cc1. The van der Waals surface area contributed by atoms with E-state index in [9.17, 15) is 9.59 Å². The first kappa shape index (κ1) is 20.5. The van der Waals surface area contributed by atoms with Crippen LogP contribution in [0.2, 0.25) is 5.02 Å². The van der Waals surface area contributed by atoms with E-state index in [0.29, 0.717) is 28.6 Å². The third-order valence-corrected chi connectivity index (χ3v) is 4.45. The summed E-state index contributed by atoms with van der Waals surface area (Å²) in [7, 11) is 0. The van der Waals surface area contributed by atoms with Gasteiger partial charge in [0.05, 0.1) is 0 Å². The van der Waals surface area contributed by atoms with Crippen molar-refractivity contribution >= 4 is 29.1 Å². The number of hydrogen-bond acceptors (Lipinski definition) is 5. The monoisotopic (exact) mass is 412 g/mol. The summed E-state index contributed by atoms with van der Waals surface area (Å²) in [4.78, 5) is 25.3. The molecule has 1 atom stereocenters. The van der Waals surface area contributed by atoms with Gasteiger partial charge >= 0.3 is 0 Å². The Morgan fingerprint density at radius 1 is 1.07 bits per heavy atom. The van der Waals surface area contributed by atoms with E-state index in [1.807, 2.05) is 13.8 Å². The number of nitrogens with zero attached hydrogens (tertiary/aromatic N) is 2. The van der Waals surface area contributed by atoms with Gasteiger partial charge in [-0.3, -0.25) is 9.59 Å². The predicted octanol–water partition coefficient (Wildman–Crippen LogP) is 4.17. The third-order valence-electron chi connectivity index (χ3n) is 4.19. The molecule has 0 fully saturated rings. The van der Waals surface area contributed by atoms with Crippen molar-refractivity contribution in [2.24, 2.45) is 5.92 Å². The first-order valence-corrected chi connectivity index (χ1v) is 9.54. The zero-order valence-electron chi connectivity index (χ0n) is 16.1. The Bertz CT molecular complexity index is 955. The van der Waals surface area contributed by atoms with Crippen LogP contribution in [0.5, 0.6) is 0 Å². The molecule has 0 saturated carbocycles. The third kappa shape index (κ3) is 5.65. The molecule has 3 rings (SSSR count). The van der Waals surface area contributed by atoms with Gasteiger partial charge in [-0.25, -0.2) is 0 Å². The molecule has 1 unspecified atom stereocenters. The molecule has 0 saturated heterocycles. The highest BCUT2D eigenvalue weighted by Gasteiger charge is 2.23. The van der Waals surface area contributed by atoms with E-state index in [4.69, 9.17) is 16.0 Å². The average molecular weight is 413 g/mol. The van der Waals surface area contributed by atoms with Crippen LogP contribution in [0.1, 0.15) is 30.6 Å². The number of halogens is 1. The van der Waals surface area contributed by atoms with E-state index in [2.05, 4.69) is 20.8 Å². The Morgan fingerprint density at radius 2 is 1.76 bits per heavy atom. The second-order valence-electron chi connectivity index (χ2n) is 6.97. The summed E-state index contributed by atoms with van der Waals surface area (Å²) >= 11 is 5.87. The van der Waals surface area contributed by atoms with Gasteiger partial charge in [0.25, 0.3) is 5.91 Å². The largest absolute Gasteiger partial charge is 0.423 e. The van der Waals surface area contributed by atoms with Gasteiger partial charge in [-0.2, -0.15) is 0 Å². The molecule has 2 N–H and O–H groups in total. The van der Waals surface area contributed by atoms with Crippen LogP contribution < -0.4 is 10.6 Å². The number of aromatic nitrogens is 2. The highest BCUT2D eigenvalue weighted by atomic mass is 35.5. The first-order chi connectivity index (χ1) is 13.9. The van der Waals surface area contributed by atoms with Crippen molar-refractivity contribution in [3.63, 3.8) is 0 Å². The number of carbonyl (C=O) groups excluding carboxylic acids is 2. The van der Waals surface area contributed by atoms with Gasteiger partial charge in [0, 0.05) is 21.8 Å². The van der Waals surface area contributed by atoms with Crippen molar-refractivity contribution in [1.82, 2.24) is 15.5 Å². The molecule has 1 heterocycles. The lowest BCUT2D eigenvalue weighted by Crippen LogP contribution is -2.44. The van der Waals surface area contributed by atoms with Crippen LogP contribution in [0, 0.1) is 5.92 Å². The van der Waals surface area contributed by atoms with Crippen LogP contribution in [0.25, 0.3) is 11.5 Å². The fraction of sp³-hybridized carbons (Fsp3) is 0.238. The van der Waals surface area contributed by atoms with Gasteiger partial charge in [0.1, 0.15) is 6.04 Å². The van der Waals surface area contributed by atoms with Crippen LogP contribution in [-0.2, 0) is 4.79 Å². The quantitative estimate of drug-likeness (QED) is 0.606. The maximum atomic E-state index is 12.8. The minimum Gasteiger partial charge on any atom is -0.423 e. The second kappa shape index (κ2) is 9.34. The van der Waals surface area contributed by atoms with Gasteiger partial charge < -0.3 is 15.1 Å². The molecule has 3 aromatic rings. The van der Waals surface area contributed by atoms with Crippen LogP contribution in [-0.4, -0.2) is 28.1 Å². The van der Waals surface area contributed by atoms with Gasteiger partial charge in [0.2, 0.25) is 18.2 Å². The molecule has 0 aliphatic heterocycles. The Morgan fingerprint density at radius 3 is 2.34 bits per heavy atom. The molecule has 7 nitrogen and oxygen atoms in total. The number of benzene rings is 2. The summed E-state index contributed by atoms with van der Waals surface area (Å²) in [5.41, 5.74) is 1.79. The first-order valence-electron chi connectivity index (χ1n) is 9.16. The highest BCUT2D eigenvalue weighted by Crippen LogP contribution is 2.19. The van der Waals surface area contributed by atoms with E-state index < -0.39 is 6.04 Å². The Kier molecular flexibility index (Phi) is 6.61. The zero-order chi connectivity index (χ0) is 20.8. The number of rotatable bonds is 7. The second-order valence-corrected chi connectivity index (χ2v) is 7.41. The lowest BCUT2D eigenvalue weighted by atomic mass is 10.0. The van der Waals surface area contributed by atoms with Gasteiger partial charge in [0.15, 0.2) is 0 Å². The van der Waals surface area contributed by atoms with Crippen molar-refractivity contribution < 1.29 is 14.0 Å². The molecule has 8 heteroatoms. The normalized spacial score (nSPS) is 11.9. The zero-order valence-corrected chi connectivity index (χ0v) is 16.8. The number of amides is 2. The average Bonchev–Trinajstić information content (AvgIpc) is 3.23. The Hall–Kier alpha value is -3.19. The van der Waals surface area contributed by atoms with E-state index in [-0.39, 0.29) is 17.7 Å². The van der Waals surface area contributed by atoms with Gasteiger partial charge in [-0.1, -0.05) is 25.4 Å². The summed E-state index contributed by atoms with van der Waals surface area (Å²) in [5, 5.41) is 13.7. The Balaban J connectivity index is 1.68. The smallest absolute Gasteiger partial charge is 0.251 e. The van der Waals surface area contributed by atoms with Gasteiger partial charge in [-0.05, 0) is 60.9 Å². The molecule has 2 aromatic carbocycles. The number of carbonyl (C=O) groups is 2. The summed E-state index contributed by atoms with van der Waals surface area (Å²) < 4.78 is 5.15. The minimum absolute atomic E-state index is 0.219. The Labute approximate surface area is 173 Å². The molecule has 150 valence electrons. The topological polar surface area (TPSA) is 97.1 Å². The van der Waals surface area contributed by atoms with E-state index in [1.165, 1.54) is 6.39 Å². The number of anilines is 1. The highest BCUT2D eigenvalue weighted by molar-refractivity contribution is 6.30. The predicted molar refractivity (Wildman–Crippen MR) is 111 cm³/mol. The molecule has 0 aliphatic rings. The van der Waals surface area contributed by atoms with E-state index >= 15 is 0 Å². The standard InChI is InChI=1S/C21H21ClN4O3/c1-13(2)11-18(25-19(27)14-3-7-16(22)8-4-14)20(28)24-17-9-5-15(6-10-17)21-26-23-12-29-21/h3-10,12-13,18H,11H2,1-2H3,(H,24,28)(H,25,27). The van der Waals surface area contributed by atoms with Gasteiger partial charge in [-0.15, -0.1) is 10.2 Å². The molecular weight excluding hydrogens is 392 g/mol. The molecule has 0 aliphatic carbocycles. The molecule has 0 spiro atoms. The lowest BCUT2D eigenvalue weighted by molar-refractivity contribution is -0.118.